The van der Waals surface area contributed by atoms with E-state index in [-0.39, 0.29) is 18.1 Å². The van der Waals surface area contributed by atoms with Crippen LogP contribution < -0.4 is 4.90 Å². The second-order valence-electron chi connectivity index (χ2n) is 6.96. The van der Waals surface area contributed by atoms with Crippen molar-refractivity contribution in [1.82, 2.24) is 19.9 Å². The van der Waals surface area contributed by atoms with Crippen molar-refractivity contribution in [3.05, 3.63) is 35.8 Å². The molecule has 2 aliphatic rings. The van der Waals surface area contributed by atoms with Gasteiger partial charge in [-0.05, 0) is 32.0 Å². The Balaban J connectivity index is 1.60. The number of ether oxygens (including phenoxy) is 1. The van der Waals surface area contributed by atoms with Crippen LogP contribution in [0.2, 0.25) is 0 Å². The molecule has 0 aromatic carbocycles. The summed E-state index contributed by atoms with van der Waals surface area (Å²) < 4.78 is 5.90. The van der Waals surface area contributed by atoms with Crippen molar-refractivity contribution in [2.45, 2.75) is 32.4 Å². The van der Waals surface area contributed by atoms with Crippen LogP contribution in [0.1, 0.15) is 17.8 Å². The summed E-state index contributed by atoms with van der Waals surface area (Å²) in [6.07, 6.45) is 2.23. The number of pyridine rings is 1. The lowest BCUT2D eigenvalue weighted by Crippen LogP contribution is -2.42. The van der Waals surface area contributed by atoms with E-state index in [4.69, 9.17) is 9.72 Å². The first-order chi connectivity index (χ1) is 12.5. The molecule has 0 bridgehead atoms. The Morgan fingerprint density at radius 2 is 2.00 bits per heavy atom. The first-order valence-corrected chi connectivity index (χ1v) is 8.93. The molecule has 0 saturated carbocycles. The van der Waals surface area contributed by atoms with Crippen LogP contribution in [0.3, 0.4) is 0 Å². The van der Waals surface area contributed by atoms with Crippen molar-refractivity contribution in [3.63, 3.8) is 0 Å². The van der Waals surface area contributed by atoms with Crippen molar-refractivity contribution in [2.75, 3.05) is 31.6 Å². The number of hydrogen-bond donors (Lipinski definition) is 0. The molecule has 2 aromatic rings. The lowest BCUT2D eigenvalue weighted by Gasteiger charge is -2.25. The second kappa shape index (κ2) is 6.64. The van der Waals surface area contributed by atoms with E-state index in [0.29, 0.717) is 32.1 Å². The average Bonchev–Trinajstić information content (AvgIpc) is 3.00. The van der Waals surface area contributed by atoms with Gasteiger partial charge in [0, 0.05) is 43.3 Å². The summed E-state index contributed by atoms with van der Waals surface area (Å²) in [5, 5.41) is 0. The average molecular weight is 353 g/mol. The summed E-state index contributed by atoms with van der Waals surface area (Å²) in [5.74, 6) is 0.801. The molecule has 0 N–H and O–H groups in total. The molecule has 2 fully saturated rings. The van der Waals surface area contributed by atoms with Gasteiger partial charge in [-0.25, -0.2) is 9.97 Å². The van der Waals surface area contributed by atoms with Crippen molar-refractivity contribution < 1.29 is 9.53 Å². The molecule has 0 unspecified atom stereocenters. The van der Waals surface area contributed by atoms with E-state index < -0.39 is 0 Å². The molecular weight excluding hydrogens is 330 g/mol. The fourth-order valence-corrected chi connectivity index (χ4v) is 3.72. The number of aryl methyl sites for hydroxylation is 2. The fourth-order valence-electron chi connectivity index (χ4n) is 3.72. The summed E-state index contributed by atoms with van der Waals surface area (Å²) >= 11 is 0. The molecule has 1 amide bonds. The number of rotatable bonds is 2. The van der Waals surface area contributed by atoms with Gasteiger partial charge >= 0.3 is 0 Å². The largest absolute Gasteiger partial charge is 0.374 e. The highest BCUT2D eigenvalue weighted by Crippen LogP contribution is 2.27. The summed E-state index contributed by atoms with van der Waals surface area (Å²) in [4.78, 5) is 29.7. The third-order valence-corrected chi connectivity index (χ3v) is 5.20. The van der Waals surface area contributed by atoms with Gasteiger partial charge in [0.05, 0.1) is 30.9 Å². The van der Waals surface area contributed by atoms with Gasteiger partial charge in [-0.3, -0.25) is 9.78 Å². The minimum absolute atomic E-state index is 0.00137. The Morgan fingerprint density at radius 3 is 2.81 bits per heavy atom. The Bertz CT molecular complexity index is 840. The Labute approximate surface area is 153 Å². The van der Waals surface area contributed by atoms with Gasteiger partial charge < -0.3 is 14.5 Å². The zero-order chi connectivity index (χ0) is 18.3. The van der Waals surface area contributed by atoms with Crippen LogP contribution >= 0.6 is 0 Å². The number of likely N-dealkylation sites (N-methyl/N-ethyl adjacent to an activating group) is 1. The zero-order valence-corrected chi connectivity index (χ0v) is 15.3. The van der Waals surface area contributed by atoms with Gasteiger partial charge in [0.1, 0.15) is 0 Å². The highest BCUT2D eigenvalue weighted by Gasteiger charge is 2.40. The first-order valence-electron chi connectivity index (χ1n) is 8.93. The molecule has 2 aromatic heterocycles. The van der Waals surface area contributed by atoms with Crippen molar-refractivity contribution in [1.29, 1.82) is 0 Å². The van der Waals surface area contributed by atoms with E-state index in [9.17, 15) is 4.79 Å². The number of carbonyl (C=O) groups is 1. The fraction of sp³-hybridized carbons (Fsp3) is 0.474. The maximum atomic E-state index is 12.1. The van der Waals surface area contributed by atoms with Gasteiger partial charge in [-0.2, -0.15) is 0 Å². The molecule has 2 atom stereocenters. The third-order valence-electron chi connectivity index (χ3n) is 5.20. The molecule has 2 saturated heterocycles. The number of carbonyl (C=O) groups excluding carboxylic acids is 1. The lowest BCUT2D eigenvalue weighted by atomic mass is 10.1. The standard InChI is InChI=1S/C19H23N5O2/c1-12-4-5-14(13(2)21-12)15-6-8-20-19(22-15)24-10-16-17(11-24)26-9-7-18(25)23(16)3/h4-6,8,16-17H,7,9-11H2,1-3H3/t16-,17-/m0/s1. The van der Waals surface area contributed by atoms with Crippen LogP contribution in [-0.4, -0.2) is 64.6 Å². The second-order valence-corrected chi connectivity index (χ2v) is 6.96. The predicted octanol–water partition coefficient (Wildman–Crippen LogP) is 1.59. The van der Waals surface area contributed by atoms with Crippen molar-refractivity contribution >= 4 is 11.9 Å². The van der Waals surface area contributed by atoms with E-state index in [1.165, 1.54) is 0 Å². The maximum Gasteiger partial charge on any atom is 0.226 e. The van der Waals surface area contributed by atoms with Crippen molar-refractivity contribution in [3.8, 4) is 11.3 Å². The molecule has 4 rings (SSSR count). The summed E-state index contributed by atoms with van der Waals surface area (Å²) in [6.45, 7) is 5.83. The minimum Gasteiger partial charge on any atom is -0.374 e. The Kier molecular flexibility index (Phi) is 4.32. The van der Waals surface area contributed by atoms with Gasteiger partial charge in [0.25, 0.3) is 0 Å². The zero-order valence-electron chi connectivity index (χ0n) is 15.3. The van der Waals surface area contributed by atoms with Crippen LogP contribution in [0.15, 0.2) is 24.4 Å². The predicted molar refractivity (Wildman–Crippen MR) is 97.9 cm³/mol. The molecular formula is C19H23N5O2. The molecule has 7 heteroatoms. The van der Waals surface area contributed by atoms with E-state index in [1.54, 1.807) is 6.20 Å². The van der Waals surface area contributed by atoms with Gasteiger partial charge in [-0.15, -0.1) is 0 Å². The smallest absolute Gasteiger partial charge is 0.226 e. The van der Waals surface area contributed by atoms with Gasteiger partial charge in [-0.1, -0.05) is 0 Å². The number of anilines is 1. The summed E-state index contributed by atoms with van der Waals surface area (Å²) in [6, 6.07) is 5.99. The SMILES string of the molecule is Cc1ccc(-c2ccnc(N3C[C@@H]4OCCC(=O)N(C)[C@H]4C3)n2)c(C)n1. The lowest BCUT2D eigenvalue weighted by molar-refractivity contribution is -0.130. The van der Waals surface area contributed by atoms with Crippen LogP contribution in [0.5, 0.6) is 0 Å². The topological polar surface area (TPSA) is 71.5 Å². The Hall–Kier alpha value is -2.54. The Morgan fingerprint density at radius 1 is 1.15 bits per heavy atom. The number of aromatic nitrogens is 3. The molecule has 7 nitrogen and oxygen atoms in total. The molecule has 0 spiro atoms. The number of nitrogens with zero attached hydrogens (tertiary/aromatic N) is 5. The molecule has 26 heavy (non-hydrogen) atoms. The molecule has 2 aliphatic heterocycles. The molecule has 0 radical (unpaired) electrons. The van der Waals surface area contributed by atoms with Crippen LogP contribution in [0, 0.1) is 13.8 Å². The highest BCUT2D eigenvalue weighted by atomic mass is 16.5. The molecule has 4 heterocycles. The number of hydrogen-bond acceptors (Lipinski definition) is 6. The van der Waals surface area contributed by atoms with E-state index >= 15 is 0 Å². The van der Waals surface area contributed by atoms with Gasteiger partial charge in [0.2, 0.25) is 11.9 Å². The monoisotopic (exact) mass is 353 g/mol. The highest BCUT2D eigenvalue weighted by molar-refractivity contribution is 5.77. The number of fused-ring (bicyclic) bond motifs is 1. The van der Waals surface area contributed by atoms with Crippen LogP contribution in [0.4, 0.5) is 5.95 Å². The van der Waals surface area contributed by atoms with Gasteiger partial charge in [0.15, 0.2) is 0 Å². The third kappa shape index (κ3) is 3.03. The first kappa shape index (κ1) is 16.9. The normalized spacial score (nSPS) is 23.1. The maximum absolute atomic E-state index is 12.1. The number of amides is 1. The van der Waals surface area contributed by atoms with Crippen LogP contribution in [0.25, 0.3) is 11.3 Å². The van der Waals surface area contributed by atoms with E-state index in [1.807, 2.05) is 44.0 Å². The van der Waals surface area contributed by atoms with E-state index in [2.05, 4.69) is 14.9 Å². The van der Waals surface area contributed by atoms with Crippen molar-refractivity contribution in [2.24, 2.45) is 0 Å². The van der Waals surface area contributed by atoms with Crippen LogP contribution in [-0.2, 0) is 9.53 Å². The quantitative estimate of drug-likeness (QED) is 0.817. The summed E-state index contributed by atoms with van der Waals surface area (Å²) in [5.41, 5.74) is 3.81. The molecule has 0 aliphatic carbocycles. The summed E-state index contributed by atoms with van der Waals surface area (Å²) in [7, 11) is 1.86. The minimum atomic E-state index is 0.00137. The molecule has 136 valence electrons. The van der Waals surface area contributed by atoms with E-state index in [0.717, 1.165) is 22.6 Å².